The molecule has 4 heteroatoms. The maximum Gasteiger partial charge on any atom is 0.228 e. The second-order valence-electron chi connectivity index (χ2n) is 15.6. The van der Waals surface area contributed by atoms with Crippen LogP contribution in [0.1, 0.15) is 52.7 Å². The van der Waals surface area contributed by atoms with Crippen molar-refractivity contribution in [2.45, 2.75) is 52.4 Å². The van der Waals surface area contributed by atoms with Crippen molar-refractivity contribution in [2.75, 3.05) is 0 Å². The van der Waals surface area contributed by atoms with Gasteiger partial charge in [-0.1, -0.05) is 114 Å². The van der Waals surface area contributed by atoms with Crippen LogP contribution in [0.15, 0.2) is 130 Å². The molecule has 4 nitrogen and oxygen atoms in total. The molecule has 0 aliphatic heterocycles. The van der Waals surface area contributed by atoms with Gasteiger partial charge in [0.05, 0.1) is 11.1 Å². The Morgan fingerprint density at radius 2 is 0.980 bits per heavy atom. The molecule has 0 unspecified atom stereocenters. The molecule has 50 heavy (non-hydrogen) atoms. The number of hydrogen-bond donors (Lipinski definition) is 0. The van der Waals surface area contributed by atoms with E-state index in [-0.39, 0.29) is 10.8 Å². The highest BCUT2D eigenvalue weighted by Gasteiger charge is 2.27. The van der Waals surface area contributed by atoms with Crippen molar-refractivity contribution >= 4 is 54.5 Å². The first-order valence-electron chi connectivity index (χ1n) is 17.3. The molecular weight excluding hydrogens is 613 g/mol. The number of fused-ring (bicyclic) bond motifs is 5. The Morgan fingerprint density at radius 3 is 1.60 bits per heavy atom. The minimum Gasteiger partial charge on any atom is -0.436 e. The molecule has 0 amide bonds. The number of oxazole rings is 2. The van der Waals surface area contributed by atoms with Crippen LogP contribution >= 0.6 is 0 Å². The summed E-state index contributed by atoms with van der Waals surface area (Å²) in [7, 11) is 0. The molecule has 9 rings (SSSR count). The molecule has 0 saturated heterocycles. The van der Waals surface area contributed by atoms with Crippen LogP contribution in [0.3, 0.4) is 0 Å². The Hall–Kier alpha value is -5.74. The summed E-state index contributed by atoms with van der Waals surface area (Å²) in [6, 6.07) is 43.1. The highest BCUT2D eigenvalue weighted by atomic mass is 16.4. The average Bonchev–Trinajstić information content (AvgIpc) is 3.73. The van der Waals surface area contributed by atoms with E-state index >= 15 is 0 Å². The van der Waals surface area contributed by atoms with Gasteiger partial charge in [0, 0.05) is 5.56 Å². The van der Waals surface area contributed by atoms with Crippen LogP contribution in [0, 0.1) is 0 Å². The molecule has 0 bridgehead atoms. The Balaban J connectivity index is 1.42. The average molecular weight is 651 g/mol. The van der Waals surface area contributed by atoms with E-state index in [1.165, 1.54) is 32.7 Å². The maximum absolute atomic E-state index is 6.73. The summed E-state index contributed by atoms with van der Waals surface area (Å²) >= 11 is 0. The van der Waals surface area contributed by atoms with E-state index in [0.29, 0.717) is 11.8 Å². The van der Waals surface area contributed by atoms with Crippen molar-refractivity contribution in [3.05, 3.63) is 132 Å². The number of nitrogens with zero attached hydrogens (tertiary/aromatic N) is 2. The van der Waals surface area contributed by atoms with Crippen molar-refractivity contribution in [1.82, 2.24) is 9.97 Å². The lowest BCUT2D eigenvalue weighted by molar-refractivity contribution is 0.589. The van der Waals surface area contributed by atoms with Crippen LogP contribution in [0.2, 0.25) is 0 Å². The van der Waals surface area contributed by atoms with E-state index in [2.05, 4.69) is 151 Å². The minimum absolute atomic E-state index is 0.0180. The molecule has 2 heterocycles. The second kappa shape index (κ2) is 10.9. The Morgan fingerprint density at radius 1 is 0.440 bits per heavy atom. The highest BCUT2D eigenvalue weighted by Crippen LogP contribution is 2.47. The van der Waals surface area contributed by atoms with Gasteiger partial charge in [0.1, 0.15) is 11.0 Å². The van der Waals surface area contributed by atoms with Crippen LogP contribution in [0.4, 0.5) is 0 Å². The Bertz CT molecular complexity index is 2790. The van der Waals surface area contributed by atoms with Gasteiger partial charge in [0.15, 0.2) is 11.2 Å². The van der Waals surface area contributed by atoms with Crippen LogP contribution in [0.5, 0.6) is 0 Å². The first-order valence-corrected chi connectivity index (χ1v) is 17.3. The molecule has 0 aliphatic carbocycles. The van der Waals surface area contributed by atoms with Crippen molar-refractivity contribution in [2.24, 2.45) is 0 Å². The molecule has 7 aromatic carbocycles. The molecule has 0 spiro atoms. The molecule has 0 saturated carbocycles. The van der Waals surface area contributed by atoms with Crippen molar-refractivity contribution in [3.8, 4) is 34.0 Å². The zero-order chi connectivity index (χ0) is 34.4. The lowest BCUT2D eigenvalue weighted by atomic mass is 9.87. The van der Waals surface area contributed by atoms with Crippen molar-refractivity contribution in [3.63, 3.8) is 0 Å². The number of hydrogen-bond acceptors (Lipinski definition) is 4. The smallest absolute Gasteiger partial charge is 0.228 e. The molecule has 0 N–H and O–H groups in total. The molecule has 2 aromatic heterocycles. The quantitative estimate of drug-likeness (QED) is 0.179. The molecular formula is C46H38N2O2. The molecule has 0 atom stereocenters. The number of benzene rings is 7. The predicted octanol–water partition coefficient (Wildman–Crippen LogP) is 13.0. The zero-order valence-corrected chi connectivity index (χ0v) is 29.3. The third-order valence-corrected chi connectivity index (χ3v) is 10.00. The Labute approximate surface area is 291 Å². The topological polar surface area (TPSA) is 52.1 Å². The van der Waals surface area contributed by atoms with Crippen LogP contribution < -0.4 is 0 Å². The van der Waals surface area contributed by atoms with Gasteiger partial charge in [-0.3, -0.25) is 0 Å². The monoisotopic (exact) mass is 650 g/mol. The fraction of sp³-hybridized carbons (Fsp3) is 0.174. The fourth-order valence-electron chi connectivity index (χ4n) is 7.14. The van der Waals surface area contributed by atoms with Gasteiger partial charge in [-0.2, -0.15) is 0 Å². The largest absolute Gasteiger partial charge is 0.436 e. The van der Waals surface area contributed by atoms with Crippen LogP contribution in [0.25, 0.3) is 88.6 Å². The lowest BCUT2D eigenvalue weighted by Gasteiger charge is -2.18. The fourth-order valence-corrected chi connectivity index (χ4v) is 7.14. The summed E-state index contributed by atoms with van der Waals surface area (Å²) < 4.78 is 13.4. The van der Waals surface area contributed by atoms with E-state index in [1.54, 1.807) is 0 Å². The molecule has 0 fully saturated rings. The molecule has 244 valence electrons. The highest BCUT2D eigenvalue weighted by molar-refractivity contribution is 6.13. The predicted molar refractivity (Wildman–Crippen MR) is 208 cm³/mol. The third-order valence-electron chi connectivity index (χ3n) is 10.00. The summed E-state index contributed by atoms with van der Waals surface area (Å²) in [5, 5.41) is 6.90. The summed E-state index contributed by atoms with van der Waals surface area (Å²) in [6.45, 7) is 13.3. The van der Waals surface area contributed by atoms with Crippen molar-refractivity contribution < 1.29 is 8.83 Å². The van der Waals surface area contributed by atoms with E-state index in [4.69, 9.17) is 18.8 Å². The molecule has 0 radical (unpaired) electrons. The second-order valence-corrected chi connectivity index (χ2v) is 15.6. The van der Waals surface area contributed by atoms with Crippen LogP contribution in [-0.2, 0) is 10.8 Å². The standard InChI is InChI=1S/C46H38N2O2/c1-45(2,3)33-17-19-39-37(25-33)47-43(49-39)36-24-32-22-29-13-9-10-14-30(29)23-35(32)41(31-16-15-27-11-7-8-12-28(27)21-31)42(36)44-48-38-26-34(46(4,5)6)18-20-40(38)50-44/h7-26H,1-6H3. The minimum atomic E-state index is -0.0250. The number of aromatic nitrogens is 2. The molecule has 0 aliphatic rings. The van der Waals surface area contributed by atoms with Gasteiger partial charge < -0.3 is 8.83 Å². The Kier molecular flexibility index (Phi) is 6.60. The van der Waals surface area contributed by atoms with Gasteiger partial charge in [0.25, 0.3) is 0 Å². The van der Waals surface area contributed by atoms with Gasteiger partial charge in [-0.15, -0.1) is 0 Å². The summed E-state index contributed by atoms with van der Waals surface area (Å²) in [6.07, 6.45) is 0. The van der Waals surface area contributed by atoms with Gasteiger partial charge >= 0.3 is 0 Å². The lowest BCUT2D eigenvalue weighted by Crippen LogP contribution is -2.10. The van der Waals surface area contributed by atoms with E-state index in [1.807, 2.05) is 12.1 Å². The zero-order valence-electron chi connectivity index (χ0n) is 29.3. The van der Waals surface area contributed by atoms with E-state index in [0.717, 1.165) is 55.2 Å². The van der Waals surface area contributed by atoms with Crippen LogP contribution in [-0.4, -0.2) is 9.97 Å². The first kappa shape index (κ1) is 30.3. The van der Waals surface area contributed by atoms with E-state index in [9.17, 15) is 0 Å². The molecule has 9 aromatic rings. The SMILES string of the molecule is CC(C)(C)c1ccc2oc(-c3cc4cc5ccccc5cc4c(-c4ccc5ccccc5c4)c3-c3nc4cc(C(C)(C)C)ccc4o3)nc2c1. The first-order chi connectivity index (χ1) is 24.0. The van der Waals surface area contributed by atoms with Crippen molar-refractivity contribution in [1.29, 1.82) is 0 Å². The third kappa shape index (κ3) is 5.06. The number of rotatable bonds is 3. The summed E-state index contributed by atoms with van der Waals surface area (Å²) in [5.41, 5.74) is 9.33. The van der Waals surface area contributed by atoms with Gasteiger partial charge in [-0.05, 0) is 108 Å². The summed E-state index contributed by atoms with van der Waals surface area (Å²) in [4.78, 5) is 10.4. The van der Waals surface area contributed by atoms with Gasteiger partial charge in [-0.25, -0.2) is 9.97 Å². The maximum atomic E-state index is 6.73. The van der Waals surface area contributed by atoms with E-state index < -0.39 is 0 Å². The normalized spacial score (nSPS) is 12.6. The summed E-state index contributed by atoms with van der Waals surface area (Å²) in [5.74, 6) is 1.08. The van der Waals surface area contributed by atoms with Gasteiger partial charge in [0.2, 0.25) is 11.8 Å².